The number of hydrogen-bond donors (Lipinski definition) is 1. The predicted molar refractivity (Wildman–Crippen MR) is 82.5 cm³/mol. The highest BCUT2D eigenvalue weighted by atomic mass is 15.3. The molecule has 0 aromatic heterocycles. The summed E-state index contributed by atoms with van der Waals surface area (Å²) in [7, 11) is 6.66. The summed E-state index contributed by atoms with van der Waals surface area (Å²) in [5.41, 5.74) is 1.67. The minimum atomic E-state index is 0.581. The first kappa shape index (κ1) is 15.0. The van der Waals surface area contributed by atoms with E-state index in [9.17, 15) is 0 Å². The fourth-order valence-electron chi connectivity index (χ4n) is 3.44. The van der Waals surface area contributed by atoms with E-state index >= 15 is 0 Å². The summed E-state index contributed by atoms with van der Waals surface area (Å²) in [6.07, 6.45) is 10.5. The number of allylic oxidation sites excluding steroid dienone is 1. The fourth-order valence-corrected chi connectivity index (χ4v) is 3.44. The van der Waals surface area contributed by atoms with Crippen LogP contribution in [0.4, 0.5) is 0 Å². The Balaban J connectivity index is 1.95. The second-order valence-corrected chi connectivity index (χ2v) is 6.35. The number of nitrogens with zero attached hydrogens (tertiary/aromatic N) is 2. The maximum atomic E-state index is 3.57. The first-order chi connectivity index (χ1) is 9.20. The molecule has 0 saturated carbocycles. The average Bonchev–Trinajstić information content (AvgIpc) is 2.68. The molecule has 1 aliphatic heterocycles. The molecule has 1 N–H and O–H groups in total. The molecular weight excluding hydrogens is 234 g/mol. The van der Waals surface area contributed by atoms with Gasteiger partial charge in [-0.15, -0.1) is 0 Å². The van der Waals surface area contributed by atoms with E-state index in [1.54, 1.807) is 5.57 Å². The zero-order chi connectivity index (χ0) is 13.7. The molecule has 2 aliphatic rings. The van der Waals surface area contributed by atoms with Gasteiger partial charge < -0.3 is 15.1 Å². The third-order valence-corrected chi connectivity index (χ3v) is 4.86. The van der Waals surface area contributed by atoms with E-state index in [4.69, 9.17) is 0 Å². The molecule has 110 valence electrons. The third-order valence-electron chi connectivity index (χ3n) is 4.86. The molecular formula is C16H31N3. The Bertz CT molecular complexity index is 300. The number of piperazine rings is 1. The van der Waals surface area contributed by atoms with E-state index in [0.29, 0.717) is 12.1 Å². The van der Waals surface area contributed by atoms with Crippen molar-refractivity contribution < 1.29 is 0 Å². The molecule has 0 amide bonds. The minimum Gasteiger partial charge on any atom is -0.313 e. The van der Waals surface area contributed by atoms with Gasteiger partial charge in [0.25, 0.3) is 0 Å². The molecule has 1 heterocycles. The molecule has 0 spiro atoms. The van der Waals surface area contributed by atoms with Crippen LogP contribution in [0.2, 0.25) is 0 Å². The van der Waals surface area contributed by atoms with Gasteiger partial charge in [0.05, 0.1) is 0 Å². The van der Waals surface area contributed by atoms with Crippen molar-refractivity contribution >= 4 is 0 Å². The first-order valence-corrected chi connectivity index (χ1v) is 7.95. The molecule has 19 heavy (non-hydrogen) atoms. The van der Waals surface area contributed by atoms with Crippen LogP contribution in [0, 0.1) is 0 Å². The van der Waals surface area contributed by atoms with Crippen LogP contribution in [0.1, 0.15) is 38.5 Å². The van der Waals surface area contributed by atoms with Crippen LogP contribution in [0.15, 0.2) is 11.6 Å². The molecule has 0 radical (unpaired) electrons. The molecule has 1 saturated heterocycles. The molecule has 0 aromatic rings. The number of nitrogens with one attached hydrogen (secondary N) is 1. The zero-order valence-electron chi connectivity index (χ0n) is 13.0. The van der Waals surface area contributed by atoms with Gasteiger partial charge in [0, 0.05) is 31.7 Å². The summed E-state index contributed by atoms with van der Waals surface area (Å²) in [6, 6.07) is 1.28. The van der Waals surface area contributed by atoms with E-state index in [2.05, 4.69) is 42.3 Å². The topological polar surface area (TPSA) is 18.5 Å². The molecule has 2 atom stereocenters. The van der Waals surface area contributed by atoms with Crippen molar-refractivity contribution in [3.63, 3.8) is 0 Å². The lowest BCUT2D eigenvalue weighted by Gasteiger charge is -2.39. The maximum Gasteiger partial charge on any atom is 0.0292 e. The fraction of sp³-hybridized carbons (Fsp3) is 0.875. The van der Waals surface area contributed by atoms with Gasteiger partial charge in [0.15, 0.2) is 0 Å². The second kappa shape index (κ2) is 7.41. The SMILES string of the molecule is CNC(CC1CN(C)CCN1C)C1=CCCCCC1. The van der Waals surface area contributed by atoms with Gasteiger partial charge in [0.2, 0.25) is 0 Å². The van der Waals surface area contributed by atoms with Crippen LogP contribution in [-0.2, 0) is 0 Å². The van der Waals surface area contributed by atoms with Crippen molar-refractivity contribution in [3.8, 4) is 0 Å². The largest absolute Gasteiger partial charge is 0.313 e. The van der Waals surface area contributed by atoms with Crippen LogP contribution in [0.5, 0.6) is 0 Å². The number of likely N-dealkylation sites (N-methyl/N-ethyl adjacent to an activating group) is 3. The smallest absolute Gasteiger partial charge is 0.0292 e. The zero-order valence-corrected chi connectivity index (χ0v) is 13.0. The Morgan fingerprint density at radius 3 is 2.89 bits per heavy atom. The quantitative estimate of drug-likeness (QED) is 0.785. The van der Waals surface area contributed by atoms with Crippen molar-refractivity contribution in [2.45, 2.75) is 50.6 Å². The van der Waals surface area contributed by atoms with Gasteiger partial charge in [0.1, 0.15) is 0 Å². The predicted octanol–water partition coefficient (Wildman–Crippen LogP) is 2.10. The molecule has 1 aliphatic carbocycles. The summed E-state index contributed by atoms with van der Waals surface area (Å²) in [4.78, 5) is 5.01. The minimum absolute atomic E-state index is 0.581. The second-order valence-electron chi connectivity index (χ2n) is 6.35. The number of rotatable bonds is 4. The van der Waals surface area contributed by atoms with Crippen LogP contribution >= 0.6 is 0 Å². The maximum absolute atomic E-state index is 3.57. The Morgan fingerprint density at radius 2 is 2.11 bits per heavy atom. The van der Waals surface area contributed by atoms with Crippen molar-refractivity contribution in [2.24, 2.45) is 0 Å². The van der Waals surface area contributed by atoms with Crippen LogP contribution in [-0.4, -0.2) is 62.7 Å². The highest BCUT2D eigenvalue weighted by Crippen LogP contribution is 2.23. The summed E-state index contributed by atoms with van der Waals surface area (Å²) in [5.74, 6) is 0. The summed E-state index contributed by atoms with van der Waals surface area (Å²) in [6.45, 7) is 3.62. The molecule has 0 bridgehead atoms. The Kier molecular flexibility index (Phi) is 5.86. The highest BCUT2D eigenvalue weighted by Gasteiger charge is 2.26. The molecule has 3 nitrogen and oxygen atoms in total. The Labute approximate surface area is 119 Å². The molecule has 2 unspecified atom stereocenters. The van der Waals surface area contributed by atoms with E-state index < -0.39 is 0 Å². The van der Waals surface area contributed by atoms with E-state index in [1.807, 2.05) is 0 Å². The van der Waals surface area contributed by atoms with Crippen molar-refractivity contribution in [3.05, 3.63) is 11.6 Å². The van der Waals surface area contributed by atoms with Crippen LogP contribution < -0.4 is 5.32 Å². The van der Waals surface area contributed by atoms with Crippen LogP contribution in [0.25, 0.3) is 0 Å². The number of hydrogen-bond acceptors (Lipinski definition) is 3. The lowest BCUT2D eigenvalue weighted by atomic mass is 9.94. The van der Waals surface area contributed by atoms with E-state index in [1.165, 1.54) is 58.2 Å². The van der Waals surface area contributed by atoms with E-state index in [0.717, 1.165) is 0 Å². The molecule has 3 heteroatoms. The van der Waals surface area contributed by atoms with Crippen molar-refractivity contribution in [1.29, 1.82) is 0 Å². The van der Waals surface area contributed by atoms with Gasteiger partial charge in [-0.25, -0.2) is 0 Å². The molecule has 1 fully saturated rings. The summed E-state index contributed by atoms with van der Waals surface area (Å²) >= 11 is 0. The van der Waals surface area contributed by atoms with Gasteiger partial charge in [-0.2, -0.15) is 0 Å². The normalized spacial score (nSPS) is 28.8. The van der Waals surface area contributed by atoms with E-state index in [-0.39, 0.29) is 0 Å². The van der Waals surface area contributed by atoms with Gasteiger partial charge in [-0.3, -0.25) is 0 Å². The highest BCUT2D eigenvalue weighted by molar-refractivity contribution is 5.13. The van der Waals surface area contributed by atoms with Gasteiger partial charge in [-0.1, -0.05) is 18.1 Å². The van der Waals surface area contributed by atoms with Gasteiger partial charge in [-0.05, 0) is 53.2 Å². The summed E-state index contributed by atoms with van der Waals surface area (Å²) in [5, 5.41) is 3.57. The molecule has 0 aromatic carbocycles. The summed E-state index contributed by atoms with van der Waals surface area (Å²) < 4.78 is 0. The first-order valence-electron chi connectivity index (χ1n) is 7.95. The lowest BCUT2D eigenvalue weighted by Crippen LogP contribution is -2.52. The lowest BCUT2D eigenvalue weighted by molar-refractivity contribution is 0.104. The van der Waals surface area contributed by atoms with Gasteiger partial charge >= 0.3 is 0 Å². The van der Waals surface area contributed by atoms with Crippen molar-refractivity contribution in [2.75, 3.05) is 40.8 Å². The third kappa shape index (κ3) is 4.30. The van der Waals surface area contributed by atoms with Crippen LogP contribution in [0.3, 0.4) is 0 Å². The Morgan fingerprint density at radius 1 is 1.26 bits per heavy atom. The standard InChI is InChI=1S/C16H31N3/c1-17-16(14-8-6-4-5-7-9-14)12-15-13-18(2)10-11-19(15)3/h8,15-17H,4-7,9-13H2,1-3H3. The van der Waals surface area contributed by atoms with Crippen molar-refractivity contribution in [1.82, 2.24) is 15.1 Å². The Hall–Kier alpha value is -0.380. The molecule has 2 rings (SSSR count). The average molecular weight is 265 g/mol. The monoisotopic (exact) mass is 265 g/mol.